The molecule has 3 heterocycles. The lowest BCUT2D eigenvalue weighted by atomic mass is 10.0. The number of fused-ring (bicyclic) bond motifs is 1. The zero-order valence-electron chi connectivity index (χ0n) is 16.3. The molecule has 0 aliphatic carbocycles. The molecule has 0 saturated carbocycles. The largest absolute Gasteiger partial charge is 0.447 e. The number of ether oxygens (including phenoxy) is 1. The highest BCUT2D eigenvalue weighted by Gasteiger charge is 2.40. The molecule has 1 aromatic carbocycles. The van der Waals surface area contributed by atoms with Crippen LogP contribution in [0, 0.1) is 0 Å². The van der Waals surface area contributed by atoms with Gasteiger partial charge in [0.15, 0.2) is 0 Å². The molecule has 1 atom stereocenters. The minimum absolute atomic E-state index is 0.0382. The highest BCUT2D eigenvalue weighted by atomic mass is 16.6. The number of carbonyl (C=O) groups is 4. The predicted octanol–water partition coefficient (Wildman–Crippen LogP) is 1.48. The molecule has 10 heteroatoms. The molecule has 4 rings (SSSR count). The zero-order valence-corrected chi connectivity index (χ0v) is 16.3. The van der Waals surface area contributed by atoms with E-state index in [4.69, 9.17) is 4.74 Å². The van der Waals surface area contributed by atoms with Gasteiger partial charge in [0.1, 0.15) is 19.3 Å². The third-order valence-electron chi connectivity index (χ3n) is 5.34. The number of cyclic esters (lactones) is 1. The lowest BCUT2D eigenvalue weighted by Crippen LogP contribution is -2.41. The van der Waals surface area contributed by atoms with Crippen molar-refractivity contribution in [2.45, 2.75) is 38.3 Å². The molecule has 1 aromatic heterocycles. The molecule has 2 aromatic rings. The average Bonchev–Trinajstić information content (AvgIpc) is 3.47. The maximum Gasteiger partial charge on any atom is 0.416 e. The third kappa shape index (κ3) is 3.80. The molecular formula is C20H21N5O5. The lowest BCUT2D eigenvalue weighted by Gasteiger charge is -2.26. The van der Waals surface area contributed by atoms with E-state index in [-0.39, 0.29) is 43.7 Å². The fourth-order valence-corrected chi connectivity index (χ4v) is 3.82. The van der Waals surface area contributed by atoms with Crippen molar-refractivity contribution in [3.8, 4) is 0 Å². The first-order chi connectivity index (χ1) is 14.6. The van der Waals surface area contributed by atoms with Gasteiger partial charge in [-0.1, -0.05) is 12.1 Å². The number of amides is 4. The van der Waals surface area contributed by atoms with Crippen LogP contribution in [0.1, 0.15) is 46.4 Å². The van der Waals surface area contributed by atoms with Crippen LogP contribution in [0.4, 0.5) is 4.79 Å². The molecule has 10 nitrogen and oxygen atoms in total. The van der Waals surface area contributed by atoms with Crippen molar-refractivity contribution in [3.63, 3.8) is 0 Å². The number of carbonyl (C=O) groups excluding carboxylic acids is 4. The molecule has 4 amide bonds. The Morgan fingerprint density at radius 3 is 2.43 bits per heavy atom. The summed E-state index contributed by atoms with van der Waals surface area (Å²) in [6.45, 7) is 0.984. The van der Waals surface area contributed by atoms with E-state index in [0.29, 0.717) is 30.5 Å². The molecule has 0 bridgehead atoms. The summed E-state index contributed by atoms with van der Waals surface area (Å²) >= 11 is 0. The second-order valence-corrected chi connectivity index (χ2v) is 7.18. The van der Waals surface area contributed by atoms with Crippen molar-refractivity contribution < 1.29 is 23.9 Å². The Balaban J connectivity index is 1.47. The number of rotatable bonds is 8. The summed E-state index contributed by atoms with van der Waals surface area (Å²) in [7, 11) is 0. The third-order valence-corrected chi connectivity index (χ3v) is 5.34. The fraction of sp³-hybridized carbons (Fsp3) is 0.400. The molecule has 0 radical (unpaired) electrons. The topological polar surface area (TPSA) is 115 Å². The van der Waals surface area contributed by atoms with Gasteiger partial charge in [-0.25, -0.2) is 14.7 Å². The van der Waals surface area contributed by atoms with Gasteiger partial charge in [-0.3, -0.25) is 24.0 Å². The van der Waals surface area contributed by atoms with Crippen molar-refractivity contribution in [1.82, 2.24) is 24.6 Å². The van der Waals surface area contributed by atoms with Gasteiger partial charge in [0.2, 0.25) is 5.91 Å². The summed E-state index contributed by atoms with van der Waals surface area (Å²) in [5, 5.41) is 4.05. The van der Waals surface area contributed by atoms with Gasteiger partial charge in [-0.15, -0.1) is 0 Å². The maximum atomic E-state index is 12.9. The SMILES string of the molecule is O=C(CCC(CCCn1cncn1)N1C(=O)c2ccccc2C1=O)N1CCOC1=O. The second kappa shape index (κ2) is 8.44. The van der Waals surface area contributed by atoms with Crippen molar-refractivity contribution in [1.29, 1.82) is 0 Å². The van der Waals surface area contributed by atoms with Crippen LogP contribution < -0.4 is 0 Å². The molecular weight excluding hydrogens is 390 g/mol. The summed E-state index contributed by atoms with van der Waals surface area (Å²) < 4.78 is 6.48. The van der Waals surface area contributed by atoms with E-state index in [9.17, 15) is 19.2 Å². The lowest BCUT2D eigenvalue weighted by molar-refractivity contribution is -0.128. The first kappa shape index (κ1) is 19.7. The number of imide groups is 2. The molecule has 2 aliphatic rings. The Morgan fingerprint density at radius 1 is 1.10 bits per heavy atom. The van der Waals surface area contributed by atoms with Gasteiger partial charge in [0.05, 0.1) is 17.7 Å². The minimum atomic E-state index is -0.650. The number of benzene rings is 1. The summed E-state index contributed by atoms with van der Waals surface area (Å²) in [5.41, 5.74) is 0.747. The first-order valence-electron chi connectivity index (χ1n) is 9.82. The molecule has 0 spiro atoms. The number of aromatic nitrogens is 3. The van der Waals surface area contributed by atoms with E-state index in [1.54, 1.807) is 35.3 Å². The normalized spacial score (nSPS) is 16.7. The second-order valence-electron chi connectivity index (χ2n) is 7.18. The first-order valence-corrected chi connectivity index (χ1v) is 9.82. The zero-order chi connectivity index (χ0) is 21.1. The van der Waals surface area contributed by atoms with E-state index < -0.39 is 12.1 Å². The van der Waals surface area contributed by atoms with E-state index in [2.05, 4.69) is 10.1 Å². The van der Waals surface area contributed by atoms with E-state index >= 15 is 0 Å². The summed E-state index contributed by atoms with van der Waals surface area (Å²) in [6, 6.07) is 6.23. The van der Waals surface area contributed by atoms with Gasteiger partial charge in [0.25, 0.3) is 11.8 Å². The number of hydrogen-bond donors (Lipinski definition) is 0. The molecule has 2 aliphatic heterocycles. The molecule has 1 fully saturated rings. The fourth-order valence-electron chi connectivity index (χ4n) is 3.82. The highest BCUT2D eigenvalue weighted by molar-refractivity contribution is 6.21. The molecule has 30 heavy (non-hydrogen) atoms. The van der Waals surface area contributed by atoms with Gasteiger partial charge >= 0.3 is 6.09 Å². The molecule has 1 saturated heterocycles. The Labute approximate surface area is 172 Å². The van der Waals surface area contributed by atoms with Crippen LogP contribution in [-0.2, 0) is 16.1 Å². The van der Waals surface area contributed by atoms with Crippen LogP contribution >= 0.6 is 0 Å². The summed E-state index contributed by atoms with van der Waals surface area (Å²) in [6.07, 6.45) is 3.84. The Morgan fingerprint density at radius 2 is 1.83 bits per heavy atom. The summed E-state index contributed by atoms with van der Waals surface area (Å²) in [5.74, 6) is -1.07. The smallest absolute Gasteiger partial charge is 0.416 e. The molecule has 156 valence electrons. The van der Waals surface area contributed by atoms with Crippen molar-refractivity contribution in [2.24, 2.45) is 0 Å². The Bertz CT molecular complexity index is 939. The van der Waals surface area contributed by atoms with E-state index in [1.165, 1.54) is 11.2 Å². The number of nitrogens with zero attached hydrogens (tertiary/aromatic N) is 5. The van der Waals surface area contributed by atoms with Gasteiger partial charge in [-0.2, -0.15) is 5.10 Å². The Kier molecular flexibility index (Phi) is 5.55. The molecule has 1 unspecified atom stereocenters. The van der Waals surface area contributed by atoms with Crippen LogP contribution in [0.3, 0.4) is 0 Å². The number of aryl methyl sites for hydroxylation is 1. The number of hydrogen-bond acceptors (Lipinski definition) is 7. The van der Waals surface area contributed by atoms with Crippen LogP contribution in [0.25, 0.3) is 0 Å². The van der Waals surface area contributed by atoms with Crippen LogP contribution in [-0.4, -0.2) is 67.6 Å². The van der Waals surface area contributed by atoms with Crippen LogP contribution in [0.15, 0.2) is 36.9 Å². The predicted molar refractivity (Wildman–Crippen MR) is 102 cm³/mol. The van der Waals surface area contributed by atoms with Crippen LogP contribution in [0.5, 0.6) is 0 Å². The Hall–Kier alpha value is -3.56. The molecule has 0 N–H and O–H groups in total. The van der Waals surface area contributed by atoms with Gasteiger partial charge in [0, 0.05) is 19.0 Å². The maximum absolute atomic E-state index is 12.9. The van der Waals surface area contributed by atoms with Gasteiger partial charge in [-0.05, 0) is 31.4 Å². The highest BCUT2D eigenvalue weighted by Crippen LogP contribution is 2.28. The van der Waals surface area contributed by atoms with Crippen LogP contribution in [0.2, 0.25) is 0 Å². The van der Waals surface area contributed by atoms with Crippen molar-refractivity contribution in [3.05, 3.63) is 48.0 Å². The minimum Gasteiger partial charge on any atom is -0.447 e. The average molecular weight is 411 g/mol. The van der Waals surface area contributed by atoms with E-state index in [1.807, 2.05) is 0 Å². The monoisotopic (exact) mass is 411 g/mol. The quantitative estimate of drug-likeness (QED) is 0.604. The standard InChI is InChI=1S/C20H21N5O5/c26-17(24-10-11-30-20(24)29)8-7-14(4-3-9-23-13-21-12-22-23)25-18(27)15-5-1-2-6-16(15)19(25)28/h1-2,5-6,12-14H,3-4,7-11H2. The summed E-state index contributed by atoms with van der Waals surface area (Å²) in [4.78, 5) is 56.1. The van der Waals surface area contributed by atoms with Crippen molar-refractivity contribution >= 4 is 23.8 Å². The van der Waals surface area contributed by atoms with E-state index in [0.717, 1.165) is 4.90 Å². The van der Waals surface area contributed by atoms with Gasteiger partial charge < -0.3 is 4.74 Å². The van der Waals surface area contributed by atoms with Crippen molar-refractivity contribution in [2.75, 3.05) is 13.2 Å².